The van der Waals surface area contributed by atoms with Crippen molar-refractivity contribution in [2.24, 2.45) is 5.92 Å². The minimum atomic E-state index is 0.0461. The standard InChI is InChI=1S/C21H22N4O2/c1-27-18-6-2-4-16(12-18)21(26)25-11-8-15-7-10-24(14-19(15)25)20-17(13-22)5-3-9-23-20/h2-6,9,12,15,19H,7-8,10-11,14H2,1H3. The number of piperidine rings is 1. The molecule has 0 N–H and O–H groups in total. The lowest BCUT2D eigenvalue weighted by molar-refractivity contribution is 0.0711. The lowest BCUT2D eigenvalue weighted by Crippen LogP contribution is -2.50. The van der Waals surface area contributed by atoms with E-state index in [1.54, 1.807) is 31.5 Å². The van der Waals surface area contributed by atoms with E-state index in [2.05, 4.69) is 16.0 Å². The van der Waals surface area contributed by atoms with Crippen molar-refractivity contribution in [3.8, 4) is 11.8 Å². The number of rotatable bonds is 3. The van der Waals surface area contributed by atoms with Crippen LogP contribution in [0, 0.1) is 17.2 Å². The van der Waals surface area contributed by atoms with Gasteiger partial charge in [-0.25, -0.2) is 4.98 Å². The van der Waals surface area contributed by atoms with Crippen LogP contribution < -0.4 is 9.64 Å². The van der Waals surface area contributed by atoms with E-state index in [4.69, 9.17) is 4.74 Å². The van der Waals surface area contributed by atoms with Crippen LogP contribution in [0.5, 0.6) is 5.75 Å². The number of hydrogen-bond donors (Lipinski definition) is 0. The van der Waals surface area contributed by atoms with Crippen LogP contribution in [0.4, 0.5) is 5.82 Å². The fourth-order valence-corrected chi connectivity index (χ4v) is 4.24. The van der Waals surface area contributed by atoms with Crippen molar-refractivity contribution in [2.75, 3.05) is 31.6 Å². The van der Waals surface area contributed by atoms with E-state index >= 15 is 0 Å². The molecule has 2 aliphatic rings. The molecular formula is C21H22N4O2. The fourth-order valence-electron chi connectivity index (χ4n) is 4.24. The molecule has 2 unspecified atom stereocenters. The number of nitrogens with zero attached hydrogens (tertiary/aromatic N) is 4. The molecule has 138 valence electrons. The number of fused-ring (bicyclic) bond motifs is 1. The van der Waals surface area contributed by atoms with Gasteiger partial charge in [0.2, 0.25) is 0 Å². The Morgan fingerprint density at radius 3 is 2.93 bits per heavy atom. The van der Waals surface area contributed by atoms with Crippen LogP contribution >= 0.6 is 0 Å². The molecule has 6 nitrogen and oxygen atoms in total. The third-order valence-corrected chi connectivity index (χ3v) is 5.65. The Hall–Kier alpha value is -3.07. The predicted molar refractivity (Wildman–Crippen MR) is 102 cm³/mol. The van der Waals surface area contributed by atoms with Crippen molar-refractivity contribution >= 4 is 11.7 Å². The minimum Gasteiger partial charge on any atom is -0.497 e. The first-order valence-corrected chi connectivity index (χ1v) is 9.26. The van der Waals surface area contributed by atoms with Gasteiger partial charge in [0.05, 0.1) is 18.7 Å². The molecule has 2 aromatic rings. The lowest BCUT2D eigenvalue weighted by Gasteiger charge is -2.39. The first-order chi connectivity index (χ1) is 13.2. The highest BCUT2D eigenvalue weighted by molar-refractivity contribution is 5.95. The van der Waals surface area contributed by atoms with Gasteiger partial charge in [-0.3, -0.25) is 4.79 Å². The number of benzene rings is 1. The molecule has 1 aromatic heterocycles. The Kier molecular flexibility index (Phi) is 4.68. The highest BCUT2D eigenvalue weighted by Crippen LogP contribution is 2.35. The van der Waals surface area contributed by atoms with Gasteiger partial charge in [-0.15, -0.1) is 0 Å². The Labute approximate surface area is 159 Å². The number of anilines is 1. The molecule has 1 amide bonds. The third kappa shape index (κ3) is 3.21. The molecular weight excluding hydrogens is 340 g/mol. The van der Waals surface area contributed by atoms with Crippen LogP contribution in [0.2, 0.25) is 0 Å². The van der Waals surface area contributed by atoms with Crippen LogP contribution in [-0.4, -0.2) is 48.6 Å². The monoisotopic (exact) mass is 362 g/mol. The molecule has 6 heteroatoms. The number of likely N-dealkylation sites (tertiary alicyclic amines) is 1. The summed E-state index contributed by atoms with van der Waals surface area (Å²) in [7, 11) is 1.61. The zero-order valence-corrected chi connectivity index (χ0v) is 15.3. The number of hydrogen-bond acceptors (Lipinski definition) is 5. The smallest absolute Gasteiger partial charge is 0.254 e. The summed E-state index contributed by atoms with van der Waals surface area (Å²) in [6.07, 6.45) is 3.76. The minimum absolute atomic E-state index is 0.0461. The molecule has 27 heavy (non-hydrogen) atoms. The fraction of sp³-hybridized carbons (Fsp3) is 0.381. The van der Waals surface area contributed by atoms with Crippen molar-refractivity contribution in [1.29, 1.82) is 5.26 Å². The van der Waals surface area contributed by atoms with E-state index in [-0.39, 0.29) is 11.9 Å². The Balaban J connectivity index is 1.57. The average molecular weight is 362 g/mol. The van der Waals surface area contributed by atoms with Crippen molar-refractivity contribution in [2.45, 2.75) is 18.9 Å². The van der Waals surface area contributed by atoms with E-state index in [1.807, 2.05) is 23.1 Å². The average Bonchev–Trinajstić information content (AvgIpc) is 3.16. The van der Waals surface area contributed by atoms with E-state index in [0.717, 1.165) is 31.7 Å². The highest BCUT2D eigenvalue weighted by atomic mass is 16.5. The largest absolute Gasteiger partial charge is 0.497 e. The molecule has 0 saturated carbocycles. The Bertz CT molecular complexity index is 892. The topological polar surface area (TPSA) is 69.5 Å². The molecule has 1 aromatic carbocycles. The first-order valence-electron chi connectivity index (χ1n) is 9.26. The molecule has 2 saturated heterocycles. The molecule has 0 spiro atoms. The number of nitriles is 1. The summed E-state index contributed by atoms with van der Waals surface area (Å²) in [4.78, 5) is 21.7. The van der Waals surface area contributed by atoms with Crippen molar-refractivity contribution in [3.05, 3.63) is 53.7 Å². The summed E-state index contributed by atoms with van der Waals surface area (Å²) in [6.45, 7) is 2.35. The third-order valence-electron chi connectivity index (χ3n) is 5.65. The number of aromatic nitrogens is 1. The van der Waals surface area contributed by atoms with Crippen LogP contribution in [0.15, 0.2) is 42.6 Å². The van der Waals surface area contributed by atoms with Gasteiger partial charge in [-0.05, 0) is 49.1 Å². The number of amides is 1. The number of carbonyl (C=O) groups is 1. The van der Waals surface area contributed by atoms with Crippen LogP contribution in [0.3, 0.4) is 0 Å². The van der Waals surface area contributed by atoms with Crippen molar-refractivity contribution in [1.82, 2.24) is 9.88 Å². The normalized spacial score (nSPS) is 21.5. The molecule has 2 fully saturated rings. The summed E-state index contributed by atoms with van der Waals surface area (Å²) < 4.78 is 5.26. The van der Waals surface area contributed by atoms with Gasteiger partial charge < -0.3 is 14.5 Å². The quantitative estimate of drug-likeness (QED) is 0.840. The summed E-state index contributed by atoms with van der Waals surface area (Å²) in [6, 6.07) is 13.3. The second kappa shape index (κ2) is 7.28. The molecule has 2 aliphatic heterocycles. The summed E-state index contributed by atoms with van der Waals surface area (Å²) in [5.74, 6) is 1.96. The van der Waals surface area contributed by atoms with Gasteiger partial charge in [0.1, 0.15) is 17.6 Å². The van der Waals surface area contributed by atoms with Crippen molar-refractivity contribution in [3.63, 3.8) is 0 Å². The molecule has 3 heterocycles. The maximum absolute atomic E-state index is 13.1. The molecule has 0 bridgehead atoms. The SMILES string of the molecule is COc1cccc(C(=O)N2CCC3CCN(c4ncccc4C#N)CC32)c1. The van der Waals surface area contributed by atoms with Crippen molar-refractivity contribution < 1.29 is 9.53 Å². The van der Waals surface area contributed by atoms with Gasteiger partial charge in [0, 0.05) is 31.4 Å². The van der Waals surface area contributed by atoms with E-state index in [0.29, 0.717) is 29.3 Å². The number of pyridine rings is 1. The Morgan fingerprint density at radius 2 is 2.11 bits per heavy atom. The van der Waals surface area contributed by atoms with Gasteiger partial charge in [-0.1, -0.05) is 6.07 Å². The van der Waals surface area contributed by atoms with Crippen LogP contribution in [-0.2, 0) is 0 Å². The number of methoxy groups -OCH3 is 1. The Morgan fingerprint density at radius 1 is 1.26 bits per heavy atom. The van der Waals surface area contributed by atoms with Crippen LogP contribution in [0.1, 0.15) is 28.8 Å². The maximum atomic E-state index is 13.1. The summed E-state index contributed by atoms with van der Waals surface area (Å²) >= 11 is 0. The molecule has 0 aliphatic carbocycles. The first kappa shape index (κ1) is 17.3. The number of carbonyl (C=O) groups excluding carboxylic acids is 1. The number of ether oxygens (including phenoxy) is 1. The zero-order valence-electron chi connectivity index (χ0n) is 15.3. The second-order valence-corrected chi connectivity index (χ2v) is 7.07. The van der Waals surface area contributed by atoms with E-state index < -0.39 is 0 Å². The van der Waals surface area contributed by atoms with Gasteiger partial charge in [0.25, 0.3) is 5.91 Å². The highest BCUT2D eigenvalue weighted by Gasteiger charge is 2.41. The van der Waals surface area contributed by atoms with E-state index in [1.165, 1.54) is 0 Å². The maximum Gasteiger partial charge on any atom is 0.254 e. The van der Waals surface area contributed by atoms with Gasteiger partial charge in [0.15, 0.2) is 0 Å². The van der Waals surface area contributed by atoms with Crippen LogP contribution in [0.25, 0.3) is 0 Å². The van der Waals surface area contributed by atoms with E-state index in [9.17, 15) is 10.1 Å². The molecule has 2 atom stereocenters. The predicted octanol–water partition coefficient (Wildman–Crippen LogP) is 2.70. The molecule has 4 rings (SSSR count). The summed E-state index contributed by atoms with van der Waals surface area (Å²) in [5, 5.41) is 9.38. The van der Waals surface area contributed by atoms with Gasteiger partial charge >= 0.3 is 0 Å². The zero-order chi connectivity index (χ0) is 18.8. The molecule has 0 radical (unpaired) electrons. The second-order valence-electron chi connectivity index (χ2n) is 7.07. The van der Waals surface area contributed by atoms with Gasteiger partial charge in [-0.2, -0.15) is 5.26 Å². The summed E-state index contributed by atoms with van der Waals surface area (Å²) in [5.41, 5.74) is 1.24. The lowest BCUT2D eigenvalue weighted by atomic mass is 9.92.